The van der Waals surface area contributed by atoms with Crippen LogP contribution >= 0.6 is 0 Å². The maximum Gasteiger partial charge on any atom is 0.324 e. The predicted molar refractivity (Wildman–Crippen MR) is 54.0 cm³/mol. The van der Waals surface area contributed by atoms with Gasteiger partial charge in [-0.15, -0.1) is 0 Å². The maximum absolute atomic E-state index is 11.2. The lowest BCUT2D eigenvalue weighted by Crippen LogP contribution is -2.48. The number of carbonyl (C=O) groups excluding carboxylic acids is 3. The van der Waals surface area contributed by atoms with Gasteiger partial charge in [-0.3, -0.25) is 19.8 Å². The van der Waals surface area contributed by atoms with Crippen LogP contribution < -0.4 is 10.9 Å². The molecule has 0 aromatic heterocycles. The highest BCUT2D eigenvalue weighted by atomic mass is 16.5. The van der Waals surface area contributed by atoms with E-state index < -0.39 is 18.0 Å². The Hall–Kier alpha value is -1.63. The van der Waals surface area contributed by atoms with Crippen LogP contribution in [0, 0.1) is 0 Å². The molecule has 0 aliphatic carbocycles. The first kappa shape index (κ1) is 14.4. The van der Waals surface area contributed by atoms with E-state index in [-0.39, 0.29) is 18.7 Å². The molecule has 0 aliphatic heterocycles. The van der Waals surface area contributed by atoms with Gasteiger partial charge < -0.3 is 9.47 Å². The maximum atomic E-state index is 11.2. The Morgan fingerprint density at radius 3 is 2.25 bits per heavy atom. The van der Waals surface area contributed by atoms with Gasteiger partial charge in [-0.1, -0.05) is 0 Å². The highest BCUT2D eigenvalue weighted by molar-refractivity contribution is 5.78. The third kappa shape index (κ3) is 5.97. The standard InChI is InChI=1S/C9H16N2O5/c1-6(12)10-11-7(9(14)16-3)4-5-8(13)15-2/h7,11H,4-5H2,1-3H3,(H,10,12)/t7-/m0/s1. The summed E-state index contributed by atoms with van der Waals surface area (Å²) in [6, 6.07) is -0.770. The molecule has 7 nitrogen and oxygen atoms in total. The van der Waals surface area contributed by atoms with Gasteiger partial charge in [-0.2, -0.15) is 0 Å². The minimum absolute atomic E-state index is 0.0584. The molecule has 0 radical (unpaired) electrons. The van der Waals surface area contributed by atoms with Crippen molar-refractivity contribution in [3.63, 3.8) is 0 Å². The SMILES string of the molecule is COC(=O)CC[C@H](NNC(C)=O)C(=O)OC. The number of carbonyl (C=O) groups is 3. The van der Waals surface area contributed by atoms with Crippen LogP contribution in [0.25, 0.3) is 0 Å². The molecule has 0 aromatic carbocycles. The zero-order valence-corrected chi connectivity index (χ0v) is 9.53. The largest absolute Gasteiger partial charge is 0.469 e. The Morgan fingerprint density at radius 2 is 1.81 bits per heavy atom. The molecule has 0 unspecified atom stereocenters. The molecule has 1 amide bonds. The molecule has 0 aliphatic rings. The zero-order chi connectivity index (χ0) is 12.6. The van der Waals surface area contributed by atoms with Gasteiger partial charge >= 0.3 is 11.9 Å². The highest BCUT2D eigenvalue weighted by Crippen LogP contribution is 2.00. The third-order valence-corrected chi connectivity index (χ3v) is 1.77. The Kier molecular flexibility index (Phi) is 6.86. The van der Waals surface area contributed by atoms with E-state index in [1.165, 1.54) is 21.1 Å². The van der Waals surface area contributed by atoms with Gasteiger partial charge in [0.05, 0.1) is 14.2 Å². The first-order valence-electron chi connectivity index (χ1n) is 4.68. The average molecular weight is 232 g/mol. The molecule has 16 heavy (non-hydrogen) atoms. The van der Waals surface area contributed by atoms with Crippen LogP contribution in [0.2, 0.25) is 0 Å². The van der Waals surface area contributed by atoms with Crippen molar-refractivity contribution < 1.29 is 23.9 Å². The smallest absolute Gasteiger partial charge is 0.324 e. The molecular formula is C9H16N2O5. The summed E-state index contributed by atoms with van der Waals surface area (Å²) in [6.07, 6.45) is 0.239. The number of methoxy groups -OCH3 is 2. The van der Waals surface area contributed by atoms with E-state index >= 15 is 0 Å². The summed E-state index contributed by atoms with van der Waals surface area (Å²) in [5, 5.41) is 0. The lowest BCUT2D eigenvalue weighted by Gasteiger charge is -2.15. The van der Waals surface area contributed by atoms with Crippen LogP contribution in [0.3, 0.4) is 0 Å². The third-order valence-electron chi connectivity index (χ3n) is 1.77. The first-order valence-corrected chi connectivity index (χ1v) is 4.68. The van der Waals surface area contributed by atoms with Crippen molar-refractivity contribution in [2.24, 2.45) is 0 Å². The molecule has 0 rings (SSSR count). The van der Waals surface area contributed by atoms with Crippen LogP contribution in [0.15, 0.2) is 0 Å². The van der Waals surface area contributed by atoms with Crippen LogP contribution in [0.1, 0.15) is 19.8 Å². The van der Waals surface area contributed by atoms with Crippen molar-refractivity contribution in [2.45, 2.75) is 25.8 Å². The van der Waals surface area contributed by atoms with Crippen molar-refractivity contribution in [3.05, 3.63) is 0 Å². The lowest BCUT2D eigenvalue weighted by molar-refractivity contribution is -0.144. The van der Waals surface area contributed by atoms with Gasteiger partial charge in [-0.25, -0.2) is 5.43 Å². The zero-order valence-electron chi connectivity index (χ0n) is 9.53. The summed E-state index contributed by atoms with van der Waals surface area (Å²) in [7, 11) is 2.49. The molecule has 0 bridgehead atoms. The summed E-state index contributed by atoms with van der Waals surface area (Å²) < 4.78 is 8.94. The van der Waals surface area contributed by atoms with Gasteiger partial charge in [-0.05, 0) is 6.42 Å². The normalized spacial score (nSPS) is 11.4. The van der Waals surface area contributed by atoms with Gasteiger partial charge in [0, 0.05) is 13.3 Å². The molecule has 0 saturated heterocycles. The average Bonchev–Trinajstić information content (AvgIpc) is 2.27. The van der Waals surface area contributed by atoms with Crippen LogP contribution in [-0.4, -0.2) is 38.1 Å². The fourth-order valence-corrected chi connectivity index (χ4v) is 0.944. The van der Waals surface area contributed by atoms with Gasteiger partial charge in [0.25, 0.3) is 0 Å². The number of nitrogens with one attached hydrogen (secondary N) is 2. The fourth-order valence-electron chi connectivity index (χ4n) is 0.944. The number of esters is 2. The molecule has 0 spiro atoms. The number of hydrogen-bond donors (Lipinski definition) is 2. The number of hydrazine groups is 1. The van der Waals surface area contributed by atoms with E-state index in [2.05, 4.69) is 20.3 Å². The number of ether oxygens (including phenoxy) is 2. The second-order valence-corrected chi connectivity index (χ2v) is 3.02. The molecule has 1 atom stereocenters. The van der Waals surface area contributed by atoms with E-state index in [0.717, 1.165) is 0 Å². The second-order valence-electron chi connectivity index (χ2n) is 3.02. The molecule has 0 heterocycles. The summed E-state index contributed by atoms with van der Waals surface area (Å²) in [6.45, 7) is 1.29. The molecule has 0 saturated carbocycles. The number of amides is 1. The van der Waals surface area contributed by atoms with Crippen LogP contribution in [0.5, 0.6) is 0 Å². The summed E-state index contributed by atoms with van der Waals surface area (Å²) >= 11 is 0. The molecular weight excluding hydrogens is 216 g/mol. The lowest BCUT2D eigenvalue weighted by atomic mass is 10.1. The highest BCUT2D eigenvalue weighted by Gasteiger charge is 2.20. The topological polar surface area (TPSA) is 93.7 Å². The number of hydrogen-bond acceptors (Lipinski definition) is 6. The van der Waals surface area contributed by atoms with E-state index in [4.69, 9.17) is 0 Å². The van der Waals surface area contributed by atoms with Crippen molar-refractivity contribution in [1.82, 2.24) is 10.9 Å². The molecule has 0 aromatic rings. The van der Waals surface area contributed by atoms with Crippen molar-refractivity contribution >= 4 is 17.8 Å². The van der Waals surface area contributed by atoms with E-state index in [1.807, 2.05) is 0 Å². The van der Waals surface area contributed by atoms with Crippen LogP contribution in [0.4, 0.5) is 0 Å². The fraction of sp³-hybridized carbons (Fsp3) is 0.667. The molecule has 0 fully saturated rings. The Bertz CT molecular complexity index is 267. The predicted octanol–water partition coefficient (Wildman–Crippen LogP) is -0.878. The van der Waals surface area contributed by atoms with Crippen molar-refractivity contribution in [1.29, 1.82) is 0 Å². The minimum atomic E-state index is -0.770. The van der Waals surface area contributed by atoms with Crippen LogP contribution in [-0.2, 0) is 23.9 Å². The van der Waals surface area contributed by atoms with E-state index in [9.17, 15) is 14.4 Å². The molecule has 92 valence electrons. The quantitative estimate of drug-likeness (QED) is 0.456. The Balaban J connectivity index is 4.15. The van der Waals surface area contributed by atoms with E-state index in [1.54, 1.807) is 0 Å². The summed E-state index contributed by atoms with van der Waals surface area (Å²) in [5.74, 6) is -1.33. The van der Waals surface area contributed by atoms with E-state index in [0.29, 0.717) is 0 Å². The first-order chi connectivity index (χ1) is 7.51. The van der Waals surface area contributed by atoms with Gasteiger partial charge in [0.15, 0.2) is 0 Å². The Labute approximate surface area is 93.4 Å². The summed E-state index contributed by atoms with van der Waals surface area (Å²) in [5.41, 5.74) is 4.73. The van der Waals surface area contributed by atoms with Crippen molar-refractivity contribution in [2.75, 3.05) is 14.2 Å². The molecule has 7 heteroatoms. The minimum Gasteiger partial charge on any atom is -0.469 e. The summed E-state index contributed by atoms with van der Waals surface area (Å²) in [4.78, 5) is 32.7. The van der Waals surface area contributed by atoms with Crippen molar-refractivity contribution in [3.8, 4) is 0 Å². The monoisotopic (exact) mass is 232 g/mol. The van der Waals surface area contributed by atoms with Gasteiger partial charge in [0.2, 0.25) is 5.91 Å². The molecule has 2 N–H and O–H groups in total. The van der Waals surface area contributed by atoms with Gasteiger partial charge in [0.1, 0.15) is 6.04 Å². The second kappa shape index (κ2) is 7.63. The number of rotatable bonds is 6. The Morgan fingerprint density at radius 1 is 1.19 bits per heavy atom.